The molecule has 0 aliphatic rings. The van der Waals surface area contributed by atoms with Crippen molar-refractivity contribution in [3.8, 4) is 0 Å². The van der Waals surface area contributed by atoms with Crippen LogP contribution in [-0.4, -0.2) is 40.8 Å². The summed E-state index contributed by atoms with van der Waals surface area (Å²) in [6.45, 7) is 0. The lowest BCUT2D eigenvalue weighted by molar-refractivity contribution is -0.139. The van der Waals surface area contributed by atoms with Crippen molar-refractivity contribution in [3.63, 3.8) is 0 Å². The Bertz CT molecular complexity index is 492. The predicted octanol–water partition coefficient (Wildman–Crippen LogP) is 1.61. The molecule has 0 aliphatic heterocycles. The molecule has 1 atom stereocenters. The highest BCUT2D eigenvalue weighted by molar-refractivity contribution is 6.19. The Balaban J connectivity index is 2.79. The summed E-state index contributed by atoms with van der Waals surface area (Å²) in [5.74, 6) is -1.59. The topological polar surface area (TPSA) is 86.7 Å². The van der Waals surface area contributed by atoms with E-state index in [0.29, 0.717) is 5.56 Å². The Labute approximate surface area is 121 Å². The van der Waals surface area contributed by atoms with Gasteiger partial charge in [-0.2, -0.15) is 0 Å². The Morgan fingerprint density at radius 1 is 1.30 bits per heavy atom. The molecule has 7 heteroatoms. The molecular formula is C13H15ClN2O4. The van der Waals surface area contributed by atoms with Gasteiger partial charge in [-0.1, -0.05) is 30.3 Å². The molecule has 1 rings (SSSR count). The number of carboxylic acid groups (broad SMARTS) is 1. The maximum absolute atomic E-state index is 11.8. The highest BCUT2D eigenvalue weighted by atomic mass is 35.5. The van der Waals surface area contributed by atoms with Gasteiger partial charge in [0.05, 0.1) is 0 Å². The second-order valence-electron chi connectivity index (χ2n) is 4.02. The molecule has 20 heavy (non-hydrogen) atoms. The van der Waals surface area contributed by atoms with E-state index in [1.807, 2.05) is 0 Å². The minimum Gasteiger partial charge on any atom is -0.479 e. The summed E-state index contributed by atoms with van der Waals surface area (Å²) in [4.78, 5) is 35.4. The van der Waals surface area contributed by atoms with E-state index in [0.717, 1.165) is 4.90 Å². The van der Waals surface area contributed by atoms with Crippen molar-refractivity contribution in [1.82, 2.24) is 10.2 Å². The number of rotatable bonds is 5. The van der Waals surface area contributed by atoms with Crippen LogP contribution in [0.15, 0.2) is 30.3 Å². The van der Waals surface area contributed by atoms with Gasteiger partial charge in [0.15, 0.2) is 6.04 Å². The third-order valence-corrected chi connectivity index (χ3v) is 2.82. The van der Waals surface area contributed by atoms with Gasteiger partial charge in [-0.15, -0.1) is 11.6 Å². The Kier molecular flexibility index (Phi) is 5.99. The zero-order chi connectivity index (χ0) is 15.1. The monoisotopic (exact) mass is 298 g/mol. The molecule has 2 N–H and O–H groups in total. The van der Waals surface area contributed by atoms with Gasteiger partial charge >= 0.3 is 12.0 Å². The van der Waals surface area contributed by atoms with Crippen LogP contribution in [0.3, 0.4) is 0 Å². The first-order valence-corrected chi connectivity index (χ1v) is 6.41. The Morgan fingerprint density at radius 3 is 2.40 bits per heavy atom. The third kappa shape index (κ3) is 4.24. The SMILES string of the molecule is CN(C(=O)CCCl)C(=O)NC(C(=O)O)c1ccccc1. The number of benzene rings is 1. The fourth-order valence-electron chi connectivity index (χ4n) is 1.52. The van der Waals surface area contributed by atoms with E-state index in [9.17, 15) is 14.4 Å². The molecule has 0 spiro atoms. The molecule has 1 unspecified atom stereocenters. The van der Waals surface area contributed by atoms with Crippen molar-refractivity contribution in [2.24, 2.45) is 0 Å². The van der Waals surface area contributed by atoms with Crippen molar-refractivity contribution < 1.29 is 19.5 Å². The minimum absolute atomic E-state index is 0.00848. The van der Waals surface area contributed by atoms with Crippen LogP contribution in [0, 0.1) is 0 Å². The van der Waals surface area contributed by atoms with E-state index < -0.39 is 23.9 Å². The fraction of sp³-hybridized carbons (Fsp3) is 0.308. The van der Waals surface area contributed by atoms with Gasteiger partial charge in [0.2, 0.25) is 5.91 Å². The summed E-state index contributed by atoms with van der Waals surface area (Å²) in [6.07, 6.45) is 0.00848. The molecule has 3 amide bonds. The molecule has 0 bridgehead atoms. The van der Waals surface area contributed by atoms with Crippen LogP contribution in [0.25, 0.3) is 0 Å². The number of amides is 3. The molecule has 0 saturated carbocycles. The second kappa shape index (κ2) is 7.49. The molecule has 0 aliphatic carbocycles. The van der Waals surface area contributed by atoms with Crippen LogP contribution in [0.2, 0.25) is 0 Å². The van der Waals surface area contributed by atoms with Crippen LogP contribution < -0.4 is 5.32 Å². The van der Waals surface area contributed by atoms with Crippen LogP contribution >= 0.6 is 11.6 Å². The fourth-order valence-corrected chi connectivity index (χ4v) is 1.68. The Morgan fingerprint density at radius 2 is 1.90 bits per heavy atom. The molecule has 0 saturated heterocycles. The molecule has 0 radical (unpaired) electrons. The average Bonchev–Trinajstić information content (AvgIpc) is 2.44. The standard InChI is InChI=1S/C13H15ClN2O4/c1-16(10(17)7-8-14)13(20)15-11(12(18)19)9-5-3-2-4-6-9/h2-6,11H,7-8H2,1H3,(H,15,20)(H,18,19). The largest absolute Gasteiger partial charge is 0.479 e. The summed E-state index contributed by atoms with van der Waals surface area (Å²) in [6, 6.07) is 6.24. The van der Waals surface area contributed by atoms with Gasteiger partial charge in [-0.25, -0.2) is 9.59 Å². The van der Waals surface area contributed by atoms with Gasteiger partial charge in [0.25, 0.3) is 0 Å². The number of aliphatic carboxylic acids is 1. The number of carboxylic acids is 1. The van der Waals surface area contributed by atoms with Gasteiger partial charge in [0, 0.05) is 19.3 Å². The first-order valence-electron chi connectivity index (χ1n) is 5.88. The number of halogens is 1. The van der Waals surface area contributed by atoms with Crippen molar-refractivity contribution in [1.29, 1.82) is 0 Å². The number of hydrogen-bond donors (Lipinski definition) is 2. The second-order valence-corrected chi connectivity index (χ2v) is 4.40. The average molecular weight is 299 g/mol. The molecule has 0 heterocycles. The van der Waals surface area contributed by atoms with Crippen molar-refractivity contribution in [3.05, 3.63) is 35.9 Å². The number of hydrogen-bond acceptors (Lipinski definition) is 3. The van der Waals surface area contributed by atoms with E-state index in [4.69, 9.17) is 16.7 Å². The number of urea groups is 1. The molecule has 6 nitrogen and oxygen atoms in total. The lowest BCUT2D eigenvalue weighted by Crippen LogP contribution is -2.44. The zero-order valence-electron chi connectivity index (χ0n) is 10.9. The summed E-state index contributed by atoms with van der Waals surface area (Å²) in [5.41, 5.74) is 0.423. The van der Waals surface area contributed by atoms with E-state index >= 15 is 0 Å². The van der Waals surface area contributed by atoms with Gasteiger partial charge < -0.3 is 10.4 Å². The molecular weight excluding hydrogens is 284 g/mol. The molecule has 1 aromatic rings. The summed E-state index contributed by atoms with van der Waals surface area (Å²) >= 11 is 5.42. The van der Waals surface area contributed by atoms with Gasteiger partial charge in [-0.05, 0) is 5.56 Å². The van der Waals surface area contributed by atoms with Crippen LogP contribution in [-0.2, 0) is 9.59 Å². The molecule has 108 valence electrons. The summed E-state index contributed by atoms with van der Waals surface area (Å²) in [5, 5.41) is 11.5. The maximum Gasteiger partial charge on any atom is 0.330 e. The van der Waals surface area contributed by atoms with Gasteiger partial charge in [0.1, 0.15) is 0 Å². The summed E-state index contributed by atoms with van der Waals surface area (Å²) < 4.78 is 0. The molecule has 0 fully saturated rings. The molecule has 1 aromatic carbocycles. The van der Waals surface area contributed by atoms with Crippen LogP contribution in [0.5, 0.6) is 0 Å². The van der Waals surface area contributed by atoms with Crippen molar-refractivity contribution in [2.45, 2.75) is 12.5 Å². The number of carbonyl (C=O) groups excluding carboxylic acids is 2. The third-order valence-electron chi connectivity index (χ3n) is 2.63. The zero-order valence-corrected chi connectivity index (χ0v) is 11.6. The highest BCUT2D eigenvalue weighted by Crippen LogP contribution is 2.13. The lowest BCUT2D eigenvalue weighted by atomic mass is 10.1. The first kappa shape index (κ1) is 16.0. The van der Waals surface area contributed by atoms with E-state index in [1.165, 1.54) is 7.05 Å². The maximum atomic E-state index is 11.8. The number of imide groups is 1. The van der Waals surface area contributed by atoms with Gasteiger partial charge in [-0.3, -0.25) is 9.69 Å². The van der Waals surface area contributed by atoms with Crippen LogP contribution in [0.4, 0.5) is 4.79 Å². The molecule has 0 aromatic heterocycles. The lowest BCUT2D eigenvalue weighted by Gasteiger charge is -2.20. The van der Waals surface area contributed by atoms with Crippen LogP contribution in [0.1, 0.15) is 18.0 Å². The van der Waals surface area contributed by atoms with Crippen molar-refractivity contribution >= 4 is 29.5 Å². The Hall–Kier alpha value is -2.08. The number of carbonyl (C=O) groups is 3. The van der Waals surface area contributed by atoms with E-state index in [-0.39, 0.29) is 12.3 Å². The smallest absolute Gasteiger partial charge is 0.330 e. The van der Waals surface area contributed by atoms with E-state index in [2.05, 4.69) is 5.32 Å². The van der Waals surface area contributed by atoms with Crippen molar-refractivity contribution in [2.75, 3.05) is 12.9 Å². The number of alkyl halides is 1. The number of nitrogens with zero attached hydrogens (tertiary/aromatic N) is 1. The quantitative estimate of drug-likeness (QED) is 0.809. The normalized spacial score (nSPS) is 11.5. The predicted molar refractivity (Wildman–Crippen MR) is 73.5 cm³/mol. The number of nitrogens with one attached hydrogen (secondary N) is 1. The highest BCUT2D eigenvalue weighted by Gasteiger charge is 2.25. The minimum atomic E-state index is -1.21. The summed E-state index contributed by atoms with van der Waals surface area (Å²) in [7, 11) is 1.27. The first-order chi connectivity index (χ1) is 9.47. The van der Waals surface area contributed by atoms with E-state index in [1.54, 1.807) is 30.3 Å².